The number of pyridine rings is 1. The van der Waals surface area contributed by atoms with E-state index in [0.29, 0.717) is 11.3 Å². The van der Waals surface area contributed by atoms with E-state index in [1.54, 1.807) is 18.3 Å². The first-order valence-electron chi connectivity index (χ1n) is 9.00. The summed E-state index contributed by atoms with van der Waals surface area (Å²) in [7, 11) is 0. The summed E-state index contributed by atoms with van der Waals surface area (Å²) in [6, 6.07) is 15.6. The van der Waals surface area contributed by atoms with Crippen LogP contribution in [-0.2, 0) is 0 Å². The molecule has 148 valence electrons. The summed E-state index contributed by atoms with van der Waals surface area (Å²) in [6.07, 6.45) is 6.20. The number of hydrogen-bond donors (Lipinski definition) is 1. The monoisotopic (exact) mass is 403 g/mol. The number of rotatable bonds is 5. The van der Waals surface area contributed by atoms with Crippen molar-refractivity contribution >= 4 is 18.1 Å². The number of aromatic nitrogens is 3. The molecule has 2 aromatic carbocycles. The third-order valence-corrected chi connectivity index (χ3v) is 4.42. The lowest BCUT2D eigenvalue weighted by molar-refractivity contribution is 0.0696. The Morgan fingerprint density at radius 1 is 0.967 bits per heavy atom. The number of aromatic carboxylic acids is 1. The zero-order valence-corrected chi connectivity index (χ0v) is 15.5. The fourth-order valence-electron chi connectivity index (χ4n) is 2.99. The fraction of sp³-hybridized carbons (Fsp3) is 0. The predicted molar refractivity (Wildman–Crippen MR) is 109 cm³/mol. The number of carboxylic acids is 1. The van der Waals surface area contributed by atoms with Crippen molar-refractivity contribution in [3.8, 4) is 16.9 Å². The van der Waals surface area contributed by atoms with E-state index in [1.807, 2.05) is 30.3 Å². The molecule has 0 aliphatic heterocycles. The molecule has 0 radical (unpaired) electrons. The molecule has 0 aliphatic carbocycles. The highest BCUT2D eigenvalue weighted by molar-refractivity contribution is 5.88. The molecule has 4 rings (SSSR count). The van der Waals surface area contributed by atoms with Gasteiger partial charge in [-0.1, -0.05) is 24.3 Å². The van der Waals surface area contributed by atoms with Gasteiger partial charge in [-0.05, 0) is 48.6 Å². The SMILES string of the molecule is O=C(O)c1ccnc(C=Cc2cn(-c3ccccc3)nc2-c2c(F)cccc2F)c1. The Labute approximate surface area is 170 Å². The topological polar surface area (TPSA) is 68.0 Å². The molecular weight excluding hydrogens is 388 g/mol. The van der Waals surface area contributed by atoms with Gasteiger partial charge < -0.3 is 5.11 Å². The first kappa shape index (κ1) is 19.2. The third kappa shape index (κ3) is 3.86. The number of carbonyl (C=O) groups is 1. The normalized spacial score (nSPS) is 11.1. The van der Waals surface area contributed by atoms with E-state index in [1.165, 1.54) is 41.2 Å². The Hall–Kier alpha value is -4.13. The number of nitrogens with zero attached hydrogens (tertiary/aromatic N) is 3. The minimum Gasteiger partial charge on any atom is -0.478 e. The molecule has 0 atom stereocenters. The van der Waals surface area contributed by atoms with Crippen molar-refractivity contribution < 1.29 is 18.7 Å². The van der Waals surface area contributed by atoms with E-state index < -0.39 is 17.6 Å². The standard InChI is InChI=1S/C23H15F2N3O2/c24-19-7-4-8-20(25)21(19)22-16(14-28(27-22)18-5-2-1-3-6-18)9-10-17-13-15(23(29)30)11-12-26-17/h1-14H,(H,29,30). The second kappa shape index (κ2) is 8.08. The van der Waals surface area contributed by atoms with E-state index in [9.17, 15) is 13.6 Å². The van der Waals surface area contributed by atoms with Crippen molar-refractivity contribution in [2.75, 3.05) is 0 Å². The molecular formula is C23H15F2N3O2. The molecule has 2 aromatic heterocycles. The van der Waals surface area contributed by atoms with Gasteiger partial charge in [0, 0.05) is 18.0 Å². The summed E-state index contributed by atoms with van der Waals surface area (Å²) in [5, 5.41) is 13.5. The van der Waals surface area contributed by atoms with Gasteiger partial charge in [-0.2, -0.15) is 5.10 Å². The summed E-state index contributed by atoms with van der Waals surface area (Å²) >= 11 is 0. The van der Waals surface area contributed by atoms with Gasteiger partial charge in [0.05, 0.1) is 22.5 Å². The van der Waals surface area contributed by atoms with Crippen LogP contribution in [0.5, 0.6) is 0 Å². The van der Waals surface area contributed by atoms with Crippen LogP contribution in [0.1, 0.15) is 21.6 Å². The van der Waals surface area contributed by atoms with Gasteiger partial charge in [-0.3, -0.25) is 4.98 Å². The molecule has 5 nitrogen and oxygen atoms in total. The maximum absolute atomic E-state index is 14.4. The average Bonchev–Trinajstić information content (AvgIpc) is 3.17. The van der Waals surface area contributed by atoms with Crippen molar-refractivity contribution in [3.63, 3.8) is 0 Å². The van der Waals surface area contributed by atoms with Crippen LogP contribution >= 0.6 is 0 Å². The van der Waals surface area contributed by atoms with E-state index in [-0.39, 0.29) is 16.8 Å². The Kier molecular flexibility index (Phi) is 5.17. The van der Waals surface area contributed by atoms with Crippen LogP contribution in [0.25, 0.3) is 29.1 Å². The molecule has 7 heteroatoms. The lowest BCUT2D eigenvalue weighted by Gasteiger charge is -2.03. The van der Waals surface area contributed by atoms with Gasteiger partial charge in [0.25, 0.3) is 0 Å². The molecule has 30 heavy (non-hydrogen) atoms. The smallest absolute Gasteiger partial charge is 0.335 e. The summed E-state index contributed by atoms with van der Waals surface area (Å²) in [5.41, 5.74) is 1.54. The highest BCUT2D eigenvalue weighted by Crippen LogP contribution is 2.30. The van der Waals surface area contributed by atoms with Gasteiger partial charge in [0.15, 0.2) is 0 Å². The van der Waals surface area contributed by atoms with E-state index in [2.05, 4.69) is 10.1 Å². The molecule has 2 heterocycles. The maximum atomic E-state index is 14.4. The summed E-state index contributed by atoms with van der Waals surface area (Å²) in [5.74, 6) is -2.53. The highest BCUT2D eigenvalue weighted by Gasteiger charge is 2.18. The Bertz CT molecular complexity index is 1230. The number of hydrogen-bond acceptors (Lipinski definition) is 3. The second-order valence-electron chi connectivity index (χ2n) is 6.42. The van der Waals surface area contributed by atoms with Crippen molar-refractivity contribution in [2.24, 2.45) is 0 Å². The molecule has 0 fully saturated rings. The molecule has 0 saturated heterocycles. The Balaban J connectivity index is 1.83. The Morgan fingerprint density at radius 2 is 1.70 bits per heavy atom. The molecule has 0 spiro atoms. The number of halogens is 2. The summed E-state index contributed by atoms with van der Waals surface area (Å²) in [6.45, 7) is 0. The lowest BCUT2D eigenvalue weighted by Crippen LogP contribution is -1.97. The van der Waals surface area contributed by atoms with Crippen LogP contribution in [0, 0.1) is 11.6 Å². The van der Waals surface area contributed by atoms with Crippen LogP contribution in [0.3, 0.4) is 0 Å². The molecule has 4 aromatic rings. The number of para-hydroxylation sites is 1. The van der Waals surface area contributed by atoms with Crippen LogP contribution in [-0.4, -0.2) is 25.8 Å². The molecule has 0 amide bonds. The molecule has 0 unspecified atom stereocenters. The van der Waals surface area contributed by atoms with E-state index in [0.717, 1.165) is 5.69 Å². The largest absolute Gasteiger partial charge is 0.478 e. The van der Waals surface area contributed by atoms with Crippen LogP contribution < -0.4 is 0 Å². The fourth-order valence-corrected chi connectivity index (χ4v) is 2.99. The molecule has 0 bridgehead atoms. The van der Waals surface area contributed by atoms with Crippen molar-refractivity contribution in [1.82, 2.24) is 14.8 Å². The number of benzene rings is 2. The minimum absolute atomic E-state index is 0.0880. The van der Waals surface area contributed by atoms with Gasteiger partial charge in [-0.25, -0.2) is 18.3 Å². The van der Waals surface area contributed by atoms with Gasteiger partial charge >= 0.3 is 5.97 Å². The van der Waals surface area contributed by atoms with Gasteiger partial charge in [-0.15, -0.1) is 0 Å². The van der Waals surface area contributed by atoms with E-state index in [4.69, 9.17) is 5.11 Å². The first-order chi connectivity index (χ1) is 14.5. The average molecular weight is 403 g/mol. The van der Waals surface area contributed by atoms with Crippen molar-refractivity contribution in [1.29, 1.82) is 0 Å². The zero-order valence-electron chi connectivity index (χ0n) is 15.5. The summed E-state index contributed by atoms with van der Waals surface area (Å²) in [4.78, 5) is 15.3. The van der Waals surface area contributed by atoms with Crippen LogP contribution in [0.15, 0.2) is 73.1 Å². The van der Waals surface area contributed by atoms with Gasteiger partial charge in [0.2, 0.25) is 0 Å². The summed E-state index contributed by atoms with van der Waals surface area (Å²) < 4.78 is 30.4. The quantitative estimate of drug-likeness (QED) is 0.505. The highest BCUT2D eigenvalue weighted by atomic mass is 19.1. The van der Waals surface area contributed by atoms with E-state index >= 15 is 0 Å². The molecule has 1 N–H and O–H groups in total. The molecule has 0 saturated carbocycles. The zero-order chi connectivity index (χ0) is 21.1. The van der Waals surface area contributed by atoms with Crippen molar-refractivity contribution in [3.05, 3.63) is 102 Å². The van der Waals surface area contributed by atoms with Crippen LogP contribution in [0.4, 0.5) is 8.78 Å². The lowest BCUT2D eigenvalue weighted by atomic mass is 10.1. The van der Waals surface area contributed by atoms with Gasteiger partial charge in [0.1, 0.15) is 17.3 Å². The van der Waals surface area contributed by atoms with Crippen LogP contribution in [0.2, 0.25) is 0 Å². The minimum atomic E-state index is -1.07. The van der Waals surface area contributed by atoms with Crippen molar-refractivity contribution in [2.45, 2.75) is 0 Å². The second-order valence-corrected chi connectivity index (χ2v) is 6.42. The predicted octanol–water partition coefficient (Wildman–Crippen LogP) is 5.08. The Morgan fingerprint density at radius 3 is 2.40 bits per heavy atom. The number of carboxylic acid groups (broad SMARTS) is 1. The molecule has 0 aliphatic rings. The maximum Gasteiger partial charge on any atom is 0.335 e. The first-order valence-corrected chi connectivity index (χ1v) is 9.00. The third-order valence-electron chi connectivity index (χ3n) is 4.42.